The van der Waals surface area contributed by atoms with Crippen molar-refractivity contribution in [3.05, 3.63) is 89.5 Å². The molecule has 0 saturated heterocycles. The first-order chi connectivity index (χ1) is 16.1. The zero-order chi connectivity index (χ0) is 24.5. The van der Waals surface area contributed by atoms with Gasteiger partial charge in [0.15, 0.2) is 0 Å². The fourth-order valence-corrected chi connectivity index (χ4v) is 5.41. The Labute approximate surface area is 214 Å². The lowest BCUT2D eigenvalue weighted by molar-refractivity contribution is -0.0643. The minimum absolute atomic E-state index is 0. The van der Waals surface area contributed by atoms with E-state index in [1.165, 1.54) is 4.31 Å². The van der Waals surface area contributed by atoms with Crippen molar-refractivity contribution >= 4 is 28.1 Å². The van der Waals surface area contributed by atoms with E-state index in [1.54, 1.807) is 31.3 Å². The Bertz CT molecular complexity index is 1240. The summed E-state index contributed by atoms with van der Waals surface area (Å²) < 4.78 is 33.2. The Kier molecular flexibility index (Phi) is 8.17. The number of aliphatic hydroxyl groups is 1. The molecule has 4 rings (SSSR count). The number of halogens is 1. The smallest absolute Gasteiger partial charge is 0.264 e. The molecular formula is C27H33ClN2O4S. The topological polar surface area (TPSA) is 78.9 Å². The van der Waals surface area contributed by atoms with Crippen LogP contribution >= 0.6 is 12.4 Å². The molecule has 6 nitrogen and oxygen atoms in total. The molecule has 1 aliphatic rings. The lowest BCUT2D eigenvalue weighted by atomic mass is 9.86. The quantitative estimate of drug-likeness (QED) is 0.478. The van der Waals surface area contributed by atoms with Gasteiger partial charge in [0.05, 0.1) is 16.6 Å². The van der Waals surface area contributed by atoms with Crippen LogP contribution in [0.25, 0.3) is 0 Å². The Morgan fingerprint density at radius 2 is 1.63 bits per heavy atom. The molecule has 0 fully saturated rings. The maximum absolute atomic E-state index is 12.9. The molecule has 1 aliphatic heterocycles. The zero-order valence-corrected chi connectivity index (χ0v) is 22.1. The highest BCUT2D eigenvalue weighted by Crippen LogP contribution is 2.39. The summed E-state index contributed by atoms with van der Waals surface area (Å²) in [6, 6.07) is 21.9. The van der Waals surface area contributed by atoms with Gasteiger partial charge in [0.2, 0.25) is 0 Å². The first-order valence-electron chi connectivity index (χ1n) is 11.4. The summed E-state index contributed by atoms with van der Waals surface area (Å²) in [6.45, 7) is 6.36. The second kappa shape index (κ2) is 10.6. The van der Waals surface area contributed by atoms with E-state index in [0.717, 1.165) is 28.9 Å². The van der Waals surface area contributed by atoms with Gasteiger partial charge in [-0.25, -0.2) is 8.42 Å². The maximum atomic E-state index is 12.9. The summed E-state index contributed by atoms with van der Waals surface area (Å²) in [7, 11) is -2.05. The molecule has 1 heterocycles. The molecule has 0 radical (unpaired) electrons. The minimum atomic E-state index is -3.62. The van der Waals surface area contributed by atoms with Crippen molar-refractivity contribution in [3.8, 4) is 5.75 Å². The fourth-order valence-electron chi connectivity index (χ4n) is 4.22. The number of fused-ring (bicyclic) bond motifs is 1. The summed E-state index contributed by atoms with van der Waals surface area (Å²) in [5.41, 5.74) is 2.95. The molecule has 2 N–H and O–H groups in total. The van der Waals surface area contributed by atoms with Gasteiger partial charge in [-0.2, -0.15) is 0 Å². The van der Waals surface area contributed by atoms with E-state index in [9.17, 15) is 13.5 Å². The van der Waals surface area contributed by atoms with Crippen molar-refractivity contribution in [1.29, 1.82) is 0 Å². The van der Waals surface area contributed by atoms with Crippen LogP contribution in [0, 0.1) is 6.92 Å². The Morgan fingerprint density at radius 1 is 1.00 bits per heavy atom. The third-order valence-electron chi connectivity index (χ3n) is 6.41. The van der Waals surface area contributed by atoms with Crippen molar-refractivity contribution < 1.29 is 18.3 Å². The van der Waals surface area contributed by atoms with Crippen LogP contribution in [0.5, 0.6) is 5.75 Å². The number of aliphatic hydroxyl groups excluding tert-OH is 1. The molecule has 0 bridgehead atoms. The monoisotopic (exact) mass is 516 g/mol. The fraction of sp³-hybridized carbons (Fsp3) is 0.333. The number of para-hydroxylation sites is 1. The molecule has 0 aromatic heterocycles. The van der Waals surface area contributed by atoms with Crippen LogP contribution in [-0.2, 0) is 16.4 Å². The Balaban J connectivity index is 0.00000342. The van der Waals surface area contributed by atoms with Gasteiger partial charge in [0.25, 0.3) is 10.0 Å². The van der Waals surface area contributed by atoms with Crippen LogP contribution in [0.2, 0.25) is 0 Å². The van der Waals surface area contributed by atoms with Crippen molar-refractivity contribution in [2.45, 2.75) is 49.8 Å². The molecule has 8 heteroatoms. The van der Waals surface area contributed by atoms with Gasteiger partial charge in [-0.1, -0.05) is 48.0 Å². The molecule has 3 aromatic carbocycles. The number of nitrogens with zero attached hydrogens (tertiary/aromatic N) is 1. The van der Waals surface area contributed by atoms with Gasteiger partial charge in [-0.3, -0.25) is 4.31 Å². The van der Waals surface area contributed by atoms with Crippen LogP contribution in [-0.4, -0.2) is 38.8 Å². The van der Waals surface area contributed by atoms with E-state index in [1.807, 2.05) is 69.3 Å². The largest absolute Gasteiger partial charge is 0.485 e. The van der Waals surface area contributed by atoms with E-state index in [4.69, 9.17) is 4.74 Å². The van der Waals surface area contributed by atoms with Gasteiger partial charge < -0.3 is 15.2 Å². The Morgan fingerprint density at radius 3 is 2.29 bits per heavy atom. The second-order valence-electron chi connectivity index (χ2n) is 9.32. The predicted molar refractivity (Wildman–Crippen MR) is 142 cm³/mol. The van der Waals surface area contributed by atoms with Crippen molar-refractivity contribution in [2.24, 2.45) is 0 Å². The van der Waals surface area contributed by atoms with E-state index in [2.05, 4.69) is 5.32 Å². The summed E-state index contributed by atoms with van der Waals surface area (Å²) >= 11 is 0. The number of sulfonamides is 1. The molecule has 3 aromatic rings. The molecule has 35 heavy (non-hydrogen) atoms. The number of hydrogen-bond acceptors (Lipinski definition) is 5. The number of benzene rings is 3. The lowest BCUT2D eigenvalue weighted by Gasteiger charge is -2.42. The van der Waals surface area contributed by atoms with Gasteiger partial charge in [0.1, 0.15) is 17.5 Å². The number of hydrogen-bond donors (Lipinski definition) is 2. The van der Waals surface area contributed by atoms with Crippen molar-refractivity contribution in [1.82, 2.24) is 5.32 Å². The van der Waals surface area contributed by atoms with Gasteiger partial charge in [-0.05, 0) is 69.6 Å². The summed E-state index contributed by atoms with van der Waals surface area (Å²) in [5.74, 6) is 0.789. The number of rotatable bonds is 7. The van der Waals surface area contributed by atoms with Crippen LogP contribution in [0.4, 0.5) is 5.69 Å². The third kappa shape index (κ3) is 5.64. The summed E-state index contributed by atoms with van der Waals surface area (Å²) in [5, 5.41) is 14.4. The molecule has 0 amide bonds. The van der Waals surface area contributed by atoms with E-state index in [-0.39, 0.29) is 23.3 Å². The molecule has 0 saturated carbocycles. The number of ether oxygens (including phenoxy) is 1. The average molecular weight is 517 g/mol. The SMILES string of the molecule is Cc1ccc(S(=O)(=O)N(C)c2ccc(CCNC3c4ccccc4OC(C)(C)C3O)cc2)cc1.Cl. The highest BCUT2D eigenvalue weighted by molar-refractivity contribution is 7.92. The molecular weight excluding hydrogens is 484 g/mol. The van der Waals surface area contributed by atoms with Crippen LogP contribution in [0.3, 0.4) is 0 Å². The molecule has 2 atom stereocenters. The van der Waals surface area contributed by atoms with Gasteiger partial charge >= 0.3 is 0 Å². The van der Waals surface area contributed by atoms with Crippen molar-refractivity contribution in [2.75, 3.05) is 17.9 Å². The van der Waals surface area contributed by atoms with Crippen LogP contribution < -0.4 is 14.4 Å². The molecule has 0 aliphatic carbocycles. The zero-order valence-electron chi connectivity index (χ0n) is 20.4. The number of anilines is 1. The lowest BCUT2D eigenvalue weighted by Crippen LogP contribution is -2.52. The van der Waals surface area contributed by atoms with E-state index >= 15 is 0 Å². The van der Waals surface area contributed by atoms with Crippen LogP contribution in [0.15, 0.2) is 77.7 Å². The summed E-state index contributed by atoms with van der Waals surface area (Å²) in [4.78, 5) is 0.270. The molecule has 2 unspecified atom stereocenters. The van der Waals surface area contributed by atoms with Gasteiger partial charge in [0, 0.05) is 12.6 Å². The summed E-state index contributed by atoms with van der Waals surface area (Å²) in [6.07, 6.45) is 0.0480. The predicted octanol–water partition coefficient (Wildman–Crippen LogP) is 4.65. The third-order valence-corrected chi connectivity index (χ3v) is 8.21. The average Bonchev–Trinajstić information content (AvgIpc) is 2.81. The highest BCUT2D eigenvalue weighted by Gasteiger charge is 2.42. The standard InChI is InChI=1S/C27H32N2O4S.ClH/c1-19-9-15-22(16-10-19)34(31,32)29(4)21-13-11-20(12-14-21)17-18-28-25-23-7-5-6-8-24(23)33-27(2,3)26(25)30;/h5-16,25-26,28,30H,17-18H2,1-4H3;1H. The minimum Gasteiger partial charge on any atom is -0.485 e. The maximum Gasteiger partial charge on any atom is 0.264 e. The molecule has 188 valence electrons. The highest BCUT2D eigenvalue weighted by atomic mass is 35.5. The normalized spacial score (nSPS) is 18.7. The van der Waals surface area contributed by atoms with E-state index < -0.39 is 21.7 Å². The van der Waals surface area contributed by atoms with Crippen LogP contribution in [0.1, 0.15) is 36.6 Å². The number of nitrogens with one attached hydrogen (secondary N) is 1. The first kappa shape index (κ1) is 27.0. The number of aryl methyl sites for hydroxylation is 1. The van der Waals surface area contributed by atoms with E-state index in [0.29, 0.717) is 12.2 Å². The van der Waals surface area contributed by atoms with Gasteiger partial charge in [-0.15, -0.1) is 12.4 Å². The van der Waals surface area contributed by atoms with Crippen molar-refractivity contribution in [3.63, 3.8) is 0 Å². The second-order valence-corrected chi connectivity index (χ2v) is 11.3. The first-order valence-corrected chi connectivity index (χ1v) is 12.9. The Hall–Kier alpha value is -2.58. The molecule has 0 spiro atoms.